The van der Waals surface area contributed by atoms with Gasteiger partial charge in [0.05, 0.1) is 10.2 Å². The summed E-state index contributed by atoms with van der Waals surface area (Å²) in [5.41, 5.74) is 0.754. The lowest BCUT2D eigenvalue weighted by molar-refractivity contribution is -0.133. The fourth-order valence-electron chi connectivity index (χ4n) is 2.00. The smallest absolute Gasteiger partial charge is 0.313 e. The van der Waals surface area contributed by atoms with Gasteiger partial charge < -0.3 is 5.11 Å². The van der Waals surface area contributed by atoms with E-state index in [0.29, 0.717) is 21.5 Å². The second-order valence-corrected chi connectivity index (χ2v) is 6.52. The summed E-state index contributed by atoms with van der Waals surface area (Å²) in [7, 11) is 0. The normalized spacial score (nSPS) is 14.4. The average Bonchev–Trinajstić information content (AvgIpc) is 3.19. The van der Waals surface area contributed by atoms with Gasteiger partial charge in [-0.05, 0) is 47.0 Å². The molecule has 0 atom stereocenters. The number of carboxylic acid groups (broad SMARTS) is 1. The van der Waals surface area contributed by atoms with E-state index in [2.05, 4.69) is 26.1 Å². The van der Waals surface area contributed by atoms with Crippen LogP contribution in [0, 0.1) is 5.82 Å². The van der Waals surface area contributed by atoms with Crippen LogP contribution < -0.4 is 0 Å². The van der Waals surface area contributed by atoms with Gasteiger partial charge in [0.2, 0.25) is 0 Å². The van der Waals surface area contributed by atoms with E-state index in [1.54, 1.807) is 12.1 Å². The van der Waals surface area contributed by atoms with Gasteiger partial charge in [-0.25, -0.2) is 4.39 Å². The first-order valence-electron chi connectivity index (χ1n) is 6.31. The monoisotopic (exact) mass is 371 g/mol. The van der Waals surface area contributed by atoms with Crippen molar-refractivity contribution in [2.45, 2.75) is 24.0 Å². The van der Waals surface area contributed by atoms with Crippen molar-refractivity contribution in [2.24, 2.45) is 0 Å². The number of carbonyl (C=O) groups is 1. The molecule has 5 nitrogen and oxygen atoms in total. The number of benzene rings is 1. The third-order valence-corrected chi connectivity index (χ3v) is 4.61. The van der Waals surface area contributed by atoms with Crippen LogP contribution in [0.15, 0.2) is 27.8 Å². The summed E-state index contributed by atoms with van der Waals surface area (Å²) in [5, 5.41) is 17.6. The average molecular weight is 372 g/mol. The van der Waals surface area contributed by atoms with Crippen LogP contribution in [0.1, 0.15) is 18.9 Å². The number of nitrogens with zero attached hydrogens (tertiary/aromatic N) is 3. The van der Waals surface area contributed by atoms with Gasteiger partial charge in [0.25, 0.3) is 0 Å². The molecule has 1 aliphatic rings. The van der Waals surface area contributed by atoms with Crippen LogP contribution in [-0.4, -0.2) is 31.6 Å². The van der Waals surface area contributed by atoms with E-state index in [0.717, 1.165) is 30.2 Å². The lowest BCUT2D eigenvalue weighted by Gasteiger charge is -2.08. The predicted octanol–water partition coefficient (Wildman–Crippen LogP) is 3.36. The highest BCUT2D eigenvalue weighted by molar-refractivity contribution is 9.10. The molecule has 2 aromatic rings. The van der Waals surface area contributed by atoms with Crippen molar-refractivity contribution in [2.75, 3.05) is 5.75 Å². The minimum atomic E-state index is -0.892. The van der Waals surface area contributed by atoms with Crippen molar-refractivity contribution < 1.29 is 14.3 Å². The first-order valence-corrected chi connectivity index (χ1v) is 8.09. The Balaban J connectivity index is 1.98. The van der Waals surface area contributed by atoms with Crippen molar-refractivity contribution >= 4 is 33.7 Å². The zero-order valence-corrected chi connectivity index (χ0v) is 13.2. The van der Waals surface area contributed by atoms with E-state index in [9.17, 15) is 9.18 Å². The van der Waals surface area contributed by atoms with Crippen LogP contribution in [0.5, 0.6) is 0 Å². The van der Waals surface area contributed by atoms with Crippen molar-refractivity contribution in [3.63, 3.8) is 0 Å². The summed E-state index contributed by atoms with van der Waals surface area (Å²) < 4.78 is 15.7. The van der Waals surface area contributed by atoms with E-state index in [-0.39, 0.29) is 11.6 Å². The molecule has 1 saturated carbocycles. The van der Waals surface area contributed by atoms with E-state index in [1.165, 1.54) is 6.07 Å². The standard InChI is InChI=1S/C13H11BrFN3O2S/c14-9-5-7(1-4-10(9)15)12-16-17-13(21-6-11(19)20)18(12)8-2-3-8/h1,4-5,8H,2-3,6H2,(H,19,20). The fourth-order valence-corrected chi connectivity index (χ4v) is 3.10. The summed E-state index contributed by atoms with van der Waals surface area (Å²) in [6, 6.07) is 4.98. The highest BCUT2D eigenvalue weighted by Crippen LogP contribution is 2.41. The Morgan fingerprint density at radius 1 is 1.48 bits per heavy atom. The highest BCUT2D eigenvalue weighted by Gasteiger charge is 2.30. The van der Waals surface area contributed by atoms with Crippen LogP contribution in [-0.2, 0) is 4.79 Å². The number of rotatable bonds is 5. The van der Waals surface area contributed by atoms with Gasteiger partial charge in [-0.2, -0.15) is 0 Å². The van der Waals surface area contributed by atoms with Gasteiger partial charge in [-0.15, -0.1) is 10.2 Å². The third kappa shape index (κ3) is 3.11. The number of carboxylic acids is 1. The largest absolute Gasteiger partial charge is 0.481 e. The molecule has 110 valence electrons. The van der Waals surface area contributed by atoms with Gasteiger partial charge in [-0.3, -0.25) is 9.36 Å². The number of thioether (sulfide) groups is 1. The minimum Gasteiger partial charge on any atom is -0.481 e. The predicted molar refractivity (Wildman–Crippen MR) is 79.7 cm³/mol. The van der Waals surface area contributed by atoms with Gasteiger partial charge in [0.1, 0.15) is 5.82 Å². The fraction of sp³-hybridized carbons (Fsp3) is 0.308. The molecule has 8 heteroatoms. The molecule has 1 aliphatic carbocycles. The summed E-state index contributed by atoms with van der Waals surface area (Å²) in [5.74, 6) is -0.642. The molecule has 1 aromatic heterocycles. The molecule has 0 spiro atoms. The van der Waals surface area contributed by atoms with Gasteiger partial charge in [-0.1, -0.05) is 11.8 Å². The Hall–Kier alpha value is -1.41. The van der Waals surface area contributed by atoms with E-state index < -0.39 is 5.97 Å². The number of hydrogen-bond donors (Lipinski definition) is 1. The zero-order valence-electron chi connectivity index (χ0n) is 10.8. The first-order chi connectivity index (χ1) is 10.1. The molecule has 0 saturated heterocycles. The summed E-state index contributed by atoms with van der Waals surface area (Å²) in [6.45, 7) is 0. The summed E-state index contributed by atoms with van der Waals surface area (Å²) in [4.78, 5) is 10.7. The number of aliphatic carboxylic acids is 1. The quantitative estimate of drug-likeness (QED) is 0.816. The van der Waals surface area contributed by atoms with E-state index >= 15 is 0 Å². The summed E-state index contributed by atoms with van der Waals surface area (Å²) in [6.07, 6.45) is 2.04. The zero-order chi connectivity index (χ0) is 15.0. The maximum Gasteiger partial charge on any atom is 0.313 e. The van der Waals surface area contributed by atoms with Crippen LogP contribution >= 0.6 is 27.7 Å². The minimum absolute atomic E-state index is 0.0576. The Bertz CT molecular complexity index is 703. The van der Waals surface area contributed by atoms with Crippen LogP contribution in [0.3, 0.4) is 0 Å². The molecule has 0 aliphatic heterocycles. The van der Waals surface area contributed by atoms with Crippen molar-refractivity contribution in [1.29, 1.82) is 0 Å². The van der Waals surface area contributed by atoms with Gasteiger partial charge in [0, 0.05) is 11.6 Å². The maximum absolute atomic E-state index is 13.3. The molecule has 3 rings (SSSR count). The molecule has 21 heavy (non-hydrogen) atoms. The Morgan fingerprint density at radius 2 is 2.24 bits per heavy atom. The molecule has 0 radical (unpaired) electrons. The second kappa shape index (κ2) is 5.76. The lowest BCUT2D eigenvalue weighted by Crippen LogP contribution is -2.03. The Kier molecular flexibility index (Phi) is 3.99. The highest BCUT2D eigenvalue weighted by atomic mass is 79.9. The Labute approximate surface area is 132 Å². The summed E-state index contributed by atoms with van der Waals surface area (Å²) >= 11 is 4.31. The number of hydrogen-bond acceptors (Lipinski definition) is 4. The van der Waals surface area contributed by atoms with E-state index in [1.807, 2.05) is 4.57 Å². The molecule has 1 aromatic carbocycles. The number of aromatic nitrogens is 3. The molecule has 1 heterocycles. The van der Waals surface area contributed by atoms with Crippen LogP contribution in [0.25, 0.3) is 11.4 Å². The number of halogens is 2. The van der Waals surface area contributed by atoms with E-state index in [4.69, 9.17) is 5.11 Å². The van der Waals surface area contributed by atoms with Crippen LogP contribution in [0.2, 0.25) is 0 Å². The molecule has 0 bridgehead atoms. The van der Waals surface area contributed by atoms with Crippen molar-refractivity contribution in [3.05, 3.63) is 28.5 Å². The topological polar surface area (TPSA) is 68.0 Å². The molecular weight excluding hydrogens is 361 g/mol. The molecule has 1 fully saturated rings. The van der Waals surface area contributed by atoms with Gasteiger partial charge in [0.15, 0.2) is 11.0 Å². The SMILES string of the molecule is O=C(O)CSc1nnc(-c2ccc(F)c(Br)c2)n1C1CC1. The van der Waals surface area contributed by atoms with Crippen molar-refractivity contribution in [1.82, 2.24) is 14.8 Å². The first kappa shape index (κ1) is 14.5. The molecular formula is C13H11BrFN3O2S. The molecule has 0 unspecified atom stereocenters. The van der Waals surface area contributed by atoms with Crippen molar-refractivity contribution in [3.8, 4) is 11.4 Å². The lowest BCUT2D eigenvalue weighted by atomic mass is 10.2. The molecule has 1 N–H and O–H groups in total. The third-order valence-electron chi connectivity index (χ3n) is 3.08. The Morgan fingerprint density at radius 3 is 2.86 bits per heavy atom. The van der Waals surface area contributed by atoms with Gasteiger partial charge >= 0.3 is 5.97 Å². The maximum atomic E-state index is 13.3. The molecule has 0 amide bonds. The second-order valence-electron chi connectivity index (χ2n) is 4.72. The van der Waals surface area contributed by atoms with Crippen LogP contribution in [0.4, 0.5) is 4.39 Å².